The van der Waals surface area contributed by atoms with Crippen LogP contribution in [0.1, 0.15) is 61.8 Å². The molecule has 0 rings (SSSR count). The summed E-state index contributed by atoms with van der Waals surface area (Å²) in [6.45, 7) is 23.6. The predicted octanol–water partition coefficient (Wildman–Crippen LogP) is 4.21. The van der Waals surface area contributed by atoms with E-state index in [0.717, 1.165) is 13.1 Å². The summed E-state index contributed by atoms with van der Waals surface area (Å²) in [5, 5.41) is 0. The third-order valence-electron chi connectivity index (χ3n) is 3.65. The van der Waals surface area contributed by atoms with Crippen molar-refractivity contribution in [2.24, 2.45) is 23.7 Å². The zero-order valence-electron chi connectivity index (χ0n) is 17.8. The van der Waals surface area contributed by atoms with E-state index >= 15 is 0 Å². The summed E-state index contributed by atoms with van der Waals surface area (Å²) in [6, 6.07) is 0. The van der Waals surface area contributed by atoms with Crippen molar-refractivity contribution in [3.63, 3.8) is 0 Å². The molecule has 0 aliphatic carbocycles. The summed E-state index contributed by atoms with van der Waals surface area (Å²) in [5.74, 6) is 1.53. The zero-order valence-corrected chi connectivity index (χ0v) is 17.8. The molecule has 0 atom stereocenters. The molecule has 4 nitrogen and oxygen atoms in total. The fourth-order valence-corrected chi connectivity index (χ4v) is 2.88. The quantitative estimate of drug-likeness (QED) is 0.523. The minimum Gasteiger partial charge on any atom is -0.342 e. The van der Waals surface area contributed by atoms with Gasteiger partial charge in [0, 0.05) is 31.8 Å². The van der Waals surface area contributed by atoms with Gasteiger partial charge in [0.2, 0.25) is 11.8 Å². The average Bonchev–Trinajstić information content (AvgIpc) is 2.42. The topological polar surface area (TPSA) is 40.6 Å². The molecule has 0 aliphatic heterocycles. The Hall–Kier alpha value is -1.32. The van der Waals surface area contributed by atoms with Crippen LogP contribution in [-0.4, -0.2) is 47.8 Å². The van der Waals surface area contributed by atoms with Crippen molar-refractivity contribution in [2.45, 2.75) is 61.8 Å². The van der Waals surface area contributed by atoms with E-state index in [0.29, 0.717) is 42.3 Å². The van der Waals surface area contributed by atoms with Crippen LogP contribution in [0.2, 0.25) is 0 Å². The SMILES string of the molecule is C=C(CC(=O)N(CC(C)C)CC(C)C)C(=O)N(CC(C)C)CC(C)C. The molecule has 0 aromatic heterocycles. The number of nitrogens with zero attached hydrogens (tertiary/aromatic N) is 2. The van der Waals surface area contributed by atoms with E-state index in [2.05, 4.69) is 62.0 Å². The number of hydrogen-bond acceptors (Lipinski definition) is 2. The van der Waals surface area contributed by atoms with E-state index < -0.39 is 0 Å². The molecule has 0 aromatic rings. The van der Waals surface area contributed by atoms with E-state index in [1.54, 1.807) is 0 Å². The lowest BCUT2D eigenvalue weighted by atomic mass is 10.1. The highest BCUT2D eigenvalue weighted by Gasteiger charge is 2.23. The van der Waals surface area contributed by atoms with Gasteiger partial charge in [0.1, 0.15) is 0 Å². The Morgan fingerprint density at radius 2 is 1.00 bits per heavy atom. The highest BCUT2D eigenvalue weighted by atomic mass is 16.2. The molecule has 0 heterocycles. The molecule has 0 N–H and O–H groups in total. The Balaban J connectivity index is 4.98. The number of amides is 2. The van der Waals surface area contributed by atoms with Gasteiger partial charge in [-0.05, 0) is 23.7 Å². The van der Waals surface area contributed by atoms with Gasteiger partial charge in [0.15, 0.2) is 0 Å². The molecule has 2 amide bonds. The van der Waals surface area contributed by atoms with Crippen LogP contribution in [0.25, 0.3) is 0 Å². The van der Waals surface area contributed by atoms with Crippen molar-refractivity contribution in [2.75, 3.05) is 26.2 Å². The van der Waals surface area contributed by atoms with Crippen molar-refractivity contribution in [1.29, 1.82) is 0 Å². The molecule has 0 fully saturated rings. The normalized spacial score (nSPS) is 11.5. The molecular formula is C21H40N2O2. The Kier molecular flexibility index (Phi) is 10.7. The summed E-state index contributed by atoms with van der Waals surface area (Å²) < 4.78 is 0. The van der Waals surface area contributed by atoms with Crippen molar-refractivity contribution >= 4 is 11.8 Å². The third kappa shape index (κ3) is 10.3. The Bertz CT molecular complexity index is 419. The molecular weight excluding hydrogens is 312 g/mol. The zero-order chi connectivity index (χ0) is 19.7. The molecule has 25 heavy (non-hydrogen) atoms. The molecule has 0 aromatic carbocycles. The van der Waals surface area contributed by atoms with Crippen LogP contribution >= 0.6 is 0 Å². The van der Waals surface area contributed by atoms with Crippen LogP contribution in [0.4, 0.5) is 0 Å². The second-order valence-corrected chi connectivity index (χ2v) is 8.86. The summed E-state index contributed by atoms with van der Waals surface area (Å²) >= 11 is 0. The fourth-order valence-electron chi connectivity index (χ4n) is 2.88. The van der Waals surface area contributed by atoms with Gasteiger partial charge < -0.3 is 9.80 Å². The Labute approximate surface area is 155 Å². The molecule has 4 heteroatoms. The standard InChI is InChI=1S/C21H40N2O2/c1-15(2)11-22(12-16(3)4)20(24)10-19(9)21(25)23(13-17(5)6)14-18(7)8/h15-18H,9-14H2,1-8H3. The van der Waals surface area contributed by atoms with Crippen molar-refractivity contribution in [1.82, 2.24) is 9.80 Å². The van der Waals surface area contributed by atoms with Crippen LogP contribution in [0.3, 0.4) is 0 Å². The lowest BCUT2D eigenvalue weighted by Gasteiger charge is -2.29. The van der Waals surface area contributed by atoms with Crippen molar-refractivity contribution < 1.29 is 9.59 Å². The molecule has 0 unspecified atom stereocenters. The van der Waals surface area contributed by atoms with Crippen LogP contribution in [-0.2, 0) is 9.59 Å². The van der Waals surface area contributed by atoms with Crippen molar-refractivity contribution in [3.05, 3.63) is 12.2 Å². The van der Waals surface area contributed by atoms with Gasteiger partial charge in [0.25, 0.3) is 0 Å². The first-order valence-corrected chi connectivity index (χ1v) is 9.68. The maximum absolute atomic E-state index is 12.8. The first kappa shape index (κ1) is 23.7. The van der Waals surface area contributed by atoms with E-state index in [1.807, 2.05) is 9.80 Å². The second kappa shape index (κ2) is 11.3. The first-order valence-electron chi connectivity index (χ1n) is 9.68. The monoisotopic (exact) mass is 352 g/mol. The molecule has 146 valence electrons. The second-order valence-electron chi connectivity index (χ2n) is 8.86. The summed E-state index contributed by atoms with van der Waals surface area (Å²) in [4.78, 5) is 29.2. The van der Waals surface area contributed by atoms with Gasteiger partial charge in [-0.25, -0.2) is 0 Å². The molecule has 0 aliphatic rings. The van der Waals surface area contributed by atoms with E-state index in [9.17, 15) is 9.59 Å². The fraction of sp³-hybridized carbons (Fsp3) is 0.810. The van der Waals surface area contributed by atoms with Gasteiger partial charge in [0.05, 0.1) is 6.42 Å². The maximum Gasteiger partial charge on any atom is 0.249 e. The summed E-state index contributed by atoms with van der Waals surface area (Å²) in [6.07, 6.45) is 0.116. The highest BCUT2D eigenvalue weighted by molar-refractivity contribution is 5.98. The molecule has 0 saturated carbocycles. The number of carbonyl (C=O) groups is 2. The molecule has 0 radical (unpaired) electrons. The first-order chi connectivity index (χ1) is 11.4. The summed E-state index contributed by atoms with van der Waals surface area (Å²) in [5.41, 5.74) is 0.406. The van der Waals surface area contributed by atoms with Gasteiger partial charge >= 0.3 is 0 Å². The summed E-state index contributed by atoms with van der Waals surface area (Å²) in [7, 11) is 0. The van der Waals surface area contributed by atoms with Crippen LogP contribution in [0.5, 0.6) is 0 Å². The van der Waals surface area contributed by atoms with Gasteiger partial charge in [-0.3, -0.25) is 9.59 Å². The van der Waals surface area contributed by atoms with Crippen LogP contribution < -0.4 is 0 Å². The molecule has 0 saturated heterocycles. The van der Waals surface area contributed by atoms with Gasteiger partial charge in [-0.15, -0.1) is 0 Å². The molecule has 0 bridgehead atoms. The van der Waals surface area contributed by atoms with Crippen LogP contribution in [0, 0.1) is 23.7 Å². The van der Waals surface area contributed by atoms with E-state index in [-0.39, 0.29) is 18.2 Å². The Morgan fingerprint density at radius 1 is 0.680 bits per heavy atom. The Morgan fingerprint density at radius 3 is 1.32 bits per heavy atom. The van der Waals surface area contributed by atoms with Gasteiger partial charge in [-0.1, -0.05) is 62.0 Å². The van der Waals surface area contributed by atoms with E-state index in [4.69, 9.17) is 0 Å². The lowest BCUT2D eigenvalue weighted by Crippen LogP contribution is -2.40. The number of hydrogen-bond donors (Lipinski definition) is 0. The number of rotatable bonds is 11. The smallest absolute Gasteiger partial charge is 0.249 e. The highest BCUT2D eigenvalue weighted by Crippen LogP contribution is 2.14. The maximum atomic E-state index is 12.8. The van der Waals surface area contributed by atoms with E-state index in [1.165, 1.54) is 0 Å². The third-order valence-corrected chi connectivity index (χ3v) is 3.65. The average molecular weight is 353 g/mol. The lowest BCUT2D eigenvalue weighted by molar-refractivity contribution is -0.134. The van der Waals surface area contributed by atoms with Crippen molar-refractivity contribution in [3.8, 4) is 0 Å². The van der Waals surface area contributed by atoms with Crippen LogP contribution in [0.15, 0.2) is 12.2 Å². The van der Waals surface area contributed by atoms with Gasteiger partial charge in [-0.2, -0.15) is 0 Å². The predicted molar refractivity (Wildman–Crippen MR) is 106 cm³/mol. The minimum atomic E-state index is -0.0789. The molecule has 0 spiro atoms. The number of carbonyl (C=O) groups excluding carboxylic acids is 2. The minimum absolute atomic E-state index is 0.00907. The largest absolute Gasteiger partial charge is 0.342 e.